The van der Waals surface area contributed by atoms with E-state index in [2.05, 4.69) is 45.5 Å². The van der Waals surface area contributed by atoms with Crippen molar-refractivity contribution >= 4 is 29.5 Å². The number of carbonyl (C=O) groups is 1. The zero-order valence-electron chi connectivity index (χ0n) is 17.4. The smallest absolute Gasteiger partial charge is 0.253 e. The highest BCUT2D eigenvalue weighted by Crippen LogP contribution is 2.20. The number of allylic oxidation sites excluding steroid dienone is 1. The molecule has 1 aromatic carbocycles. The Balaban J connectivity index is 1.65. The molecule has 0 saturated carbocycles. The van der Waals surface area contributed by atoms with Crippen molar-refractivity contribution < 1.29 is 4.79 Å². The van der Waals surface area contributed by atoms with Crippen LogP contribution >= 0.6 is 0 Å². The molecule has 1 amide bonds. The van der Waals surface area contributed by atoms with Crippen LogP contribution in [0.3, 0.4) is 0 Å². The number of aromatic nitrogens is 2. The van der Waals surface area contributed by atoms with Crippen molar-refractivity contribution in [1.82, 2.24) is 20.2 Å². The van der Waals surface area contributed by atoms with Crippen molar-refractivity contribution in [3.05, 3.63) is 69.6 Å². The largest absolute Gasteiger partial charge is 0.373 e. The number of likely N-dealkylation sites (tertiary alicyclic amines) is 1. The van der Waals surface area contributed by atoms with E-state index in [9.17, 15) is 4.79 Å². The summed E-state index contributed by atoms with van der Waals surface area (Å²) in [6.45, 7) is 15.9. The zero-order valence-corrected chi connectivity index (χ0v) is 17.4. The summed E-state index contributed by atoms with van der Waals surface area (Å²) in [6.07, 6.45) is 3.03. The van der Waals surface area contributed by atoms with Gasteiger partial charge in [-0.25, -0.2) is 0 Å². The summed E-state index contributed by atoms with van der Waals surface area (Å²) in [5.41, 5.74) is 5.62. The van der Waals surface area contributed by atoms with Crippen molar-refractivity contribution in [2.24, 2.45) is 0 Å². The molecule has 2 aromatic heterocycles. The summed E-state index contributed by atoms with van der Waals surface area (Å²) in [5, 5.41) is 6.24. The highest BCUT2D eigenvalue weighted by Gasteiger charge is 2.26. The van der Waals surface area contributed by atoms with E-state index in [1.165, 1.54) is 0 Å². The van der Waals surface area contributed by atoms with Gasteiger partial charge in [0, 0.05) is 57.7 Å². The maximum absolute atomic E-state index is 13.0. The number of aryl methyl sites for hydroxylation is 1. The molecule has 1 fully saturated rings. The van der Waals surface area contributed by atoms with Gasteiger partial charge in [-0.2, -0.15) is 0 Å². The Hall–Kier alpha value is -3.21. The van der Waals surface area contributed by atoms with Crippen LogP contribution in [0.5, 0.6) is 0 Å². The number of hydrogen-bond acceptors (Lipinski definition) is 2. The van der Waals surface area contributed by atoms with Gasteiger partial charge in [0.05, 0.1) is 5.56 Å². The van der Waals surface area contributed by atoms with Crippen molar-refractivity contribution in [2.75, 3.05) is 13.1 Å². The summed E-state index contributed by atoms with van der Waals surface area (Å²) in [7, 11) is 0. The Kier molecular flexibility index (Phi) is 4.82. The Morgan fingerprint density at radius 1 is 1.28 bits per heavy atom. The van der Waals surface area contributed by atoms with Crippen LogP contribution in [0.25, 0.3) is 23.6 Å². The van der Waals surface area contributed by atoms with E-state index in [-0.39, 0.29) is 11.9 Å². The first-order valence-electron chi connectivity index (χ1n) is 10.0. The van der Waals surface area contributed by atoms with Gasteiger partial charge >= 0.3 is 0 Å². The molecule has 150 valence electrons. The molecule has 29 heavy (non-hydrogen) atoms. The molecule has 0 spiro atoms. The average molecular weight is 389 g/mol. The average Bonchev–Trinajstić information content (AvgIpc) is 3.33. The minimum atomic E-state index is -0.0155. The standard InChI is InChI=1S/C24H28N4O/c1-14(2)28-11-10-18(13-28)27-24(29)23-15(3)22(26-17(23)5)12-20-16(4)25-21-9-7-6-8-19(20)21/h6-9,12,18,25-26H,1,4,10-11,13H2,2-3,5H3,(H,27,29)/b20-12+. The fourth-order valence-corrected chi connectivity index (χ4v) is 4.27. The van der Waals surface area contributed by atoms with Gasteiger partial charge in [0.15, 0.2) is 0 Å². The number of carbonyl (C=O) groups excluding carboxylic acids is 1. The SMILES string of the molecule is C=C(C)N1CCC(NC(=O)c2c(C)[nH]c(/C=c3\c(=C)[nH]c4ccccc34)c2C)C1. The van der Waals surface area contributed by atoms with Crippen LogP contribution in [-0.4, -0.2) is 39.9 Å². The summed E-state index contributed by atoms with van der Waals surface area (Å²) >= 11 is 0. The number of aromatic amines is 2. The molecule has 0 aliphatic carbocycles. The molecule has 0 bridgehead atoms. The minimum absolute atomic E-state index is 0.0155. The maximum Gasteiger partial charge on any atom is 0.253 e. The highest BCUT2D eigenvalue weighted by molar-refractivity contribution is 5.98. The van der Waals surface area contributed by atoms with Crippen LogP contribution in [0.4, 0.5) is 0 Å². The van der Waals surface area contributed by atoms with Gasteiger partial charge in [0.25, 0.3) is 5.91 Å². The Morgan fingerprint density at radius 2 is 2.03 bits per heavy atom. The molecule has 1 unspecified atom stereocenters. The van der Waals surface area contributed by atoms with Gasteiger partial charge in [-0.3, -0.25) is 4.79 Å². The van der Waals surface area contributed by atoms with Crippen LogP contribution in [-0.2, 0) is 0 Å². The van der Waals surface area contributed by atoms with Crippen molar-refractivity contribution in [1.29, 1.82) is 0 Å². The lowest BCUT2D eigenvalue weighted by molar-refractivity contribution is 0.0937. The summed E-state index contributed by atoms with van der Waals surface area (Å²) in [4.78, 5) is 21.9. The fourth-order valence-electron chi connectivity index (χ4n) is 4.27. The van der Waals surface area contributed by atoms with Crippen molar-refractivity contribution in [3.63, 3.8) is 0 Å². The molecule has 5 heteroatoms. The first-order chi connectivity index (χ1) is 13.8. The van der Waals surface area contributed by atoms with Crippen molar-refractivity contribution in [3.8, 4) is 0 Å². The fraction of sp³-hybridized carbons (Fsp3) is 0.292. The predicted molar refractivity (Wildman–Crippen MR) is 119 cm³/mol. The molecular weight excluding hydrogens is 360 g/mol. The zero-order chi connectivity index (χ0) is 20.7. The van der Waals surface area contributed by atoms with E-state index in [1.807, 2.05) is 39.0 Å². The number of amides is 1. The van der Waals surface area contributed by atoms with E-state index in [4.69, 9.17) is 0 Å². The van der Waals surface area contributed by atoms with Crippen LogP contribution in [0.15, 0.2) is 36.5 Å². The Bertz CT molecular complexity index is 1210. The predicted octanol–water partition coefficient (Wildman–Crippen LogP) is 2.69. The van der Waals surface area contributed by atoms with Gasteiger partial charge in [-0.15, -0.1) is 0 Å². The topological polar surface area (TPSA) is 63.9 Å². The number of H-pyrrole nitrogens is 2. The molecule has 1 atom stereocenters. The molecule has 1 saturated heterocycles. The maximum atomic E-state index is 13.0. The first kappa shape index (κ1) is 19.1. The van der Waals surface area contributed by atoms with Gasteiger partial charge in [0.1, 0.15) is 0 Å². The lowest BCUT2D eigenvalue weighted by Crippen LogP contribution is -2.37. The van der Waals surface area contributed by atoms with Crippen LogP contribution in [0.1, 0.15) is 40.7 Å². The molecule has 5 nitrogen and oxygen atoms in total. The highest BCUT2D eigenvalue weighted by atomic mass is 16.1. The third-order valence-electron chi connectivity index (χ3n) is 5.88. The Labute approximate surface area is 170 Å². The van der Waals surface area contributed by atoms with E-state index in [0.717, 1.165) is 69.2 Å². The number of hydrogen-bond donors (Lipinski definition) is 3. The summed E-state index contributed by atoms with van der Waals surface area (Å²) in [5.74, 6) is -0.0155. The van der Waals surface area contributed by atoms with E-state index in [0.29, 0.717) is 0 Å². The second-order valence-electron chi connectivity index (χ2n) is 8.01. The van der Waals surface area contributed by atoms with Gasteiger partial charge in [0.2, 0.25) is 0 Å². The minimum Gasteiger partial charge on any atom is -0.373 e. The van der Waals surface area contributed by atoms with Crippen LogP contribution in [0, 0.1) is 13.8 Å². The van der Waals surface area contributed by atoms with E-state index < -0.39 is 0 Å². The molecule has 1 aliphatic rings. The number of nitrogens with zero attached hydrogens (tertiary/aromatic N) is 1. The number of rotatable bonds is 4. The van der Waals surface area contributed by atoms with E-state index in [1.54, 1.807) is 0 Å². The molecule has 3 heterocycles. The quantitative estimate of drug-likeness (QED) is 0.643. The van der Waals surface area contributed by atoms with Gasteiger partial charge in [-0.1, -0.05) is 31.4 Å². The van der Waals surface area contributed by atoms with Crippen molar-refractivity contribution in [2.45, 2.75) is 33.2 Å². The summed E-state index contributed by atoms with van der Waals surface area (Å²) < 4.78 is 0. The van der Waals surface area contributed by atoms with Gasteiger partial charge in [-0.05, 0) is 44.9 Å². The van der Waals surface area contributed by atoms with Crippen LogP contribution in [0.2, 0.25) is 0 Å². The second-order valence-corrected chi connectivity index (χ2v) is 8.01. The molecule has 3 N–H and O–H groups in total. The number of para-hydroxylation sites is 1. The first-order valence-corrected chi connectivity index (χ1v) is 10.0. The second kappa shape index (κ2) is 7.32. The van der Waals surface area contributed by atoms with E-state index >= 15 is 0 Å². The molecule has 1 aliphatic heterocycles. The number of nitrogens with one attached hydrogen (secondary N) is 3. The molecule has 3 aromatic rings. The molecule has 0 radical (unpaired) electrons. The number of benzene rings is 1. The summed E-state index contributed by atoms with van der Waals surface area (Å²) in [6, 6.07) is 8.31. The molecule has 4 rings (SSSR count). The van der Waals surface area contributed by atoms with Crippen LogP contribution < -0.4 is 15.9 Å². The Morgan fingerprint density at radius 3 is 2.76 bits per heavy atom. The number of fused-ring (bicyclic) bond motifs is 1. The normalized spacial score (nSPS) is 17.3. The monoisotopic (exact) mass is 388 g/mol. The lowest BCUT2D eigenvalue weighted by atomic mass is 10.1. The third-order valence-corrected chi connectivity index (χ3v) is 5.88. The van der Waals surface area contributed by atoms with Gasteiger partial charge < -0.3 is 20.2 Å². The third kappa shape index (κ3) is 3.48. The molecular formula is C24H28N4O. The lowest BCUT2D eigenvalue weighted by Gasteiger charge is -2.18.